The molecule has 0 aliphatic carbocycles. The Balaban J connectivity index is 1.45. The molecular formula is C17H28N2O2S. The number of hydrogen-bond acceptors (Lipinski definition) is 4. The van der Waals surface area contributed by atoms with Crippen LogP contribution < -0.4 is 5.32 Å². The minimum atomic E-state index is 0.172. The van der Waals surface area contributed by atoms with Crippen LogP contribution in [0.5, 0.6) is 0 Å². The van der Waals surface area contributed by atoms with Crippen molar-refractivity contribution >= 4 is 17.2 Å². The molecule has 2 N–H and O–H groups in total. The van der Waals surface area contributed by atoms with Crippen molar-refractivity contribution in [3.63, 3.8) is 0 Å². The van der Waals surface area contributed by atoms with Crippen LogP contribution in [0, 0.1) is 0 Å². The average Bonchev–Trinajstić information content (AvgIpc) is 3.18. The van der Waals surface area contributed by atoms with Crippen LogP contribution in [0.2, 0.25) is 0 Å². The first-order valence-electron chi connectivity index (χ1n) is 8.43. The molecule has 1 aromatic rings. The van der Waals surface area contributed by atoms with Crippen molar-refractivity contribution in [2.45, 2.75) is 51.0 Å². The van der Waals surface area contributed by atoms with Crippen molar-refractivity contribution < 1.29 is 9.90 Å². The first-order valence-corrected chi connectivity index (χ1v) is 9.31. The largest absolute Gasteiger partial charge is 0.395 e. The second-order valence-corrected chi connectivity index (χ2v) is 7.04. The van der Waals surface area contributed by atoms with E-state index in [1.165, 1.54) is 11.3 Å². The van der Waals surface area contributed by atoms with E-state index in [-0.39, 0.29) is 12.5 Å². The highest BCUT2D eigenvalue weighted by Crippen LogP contribution is 2.16. The van der Waals surface area contributed by atoms with Gasteiger partial charge < -0.3 is 10.4 Å². The predicted octanol–water partition coefficient (Wildman–Crippen LogP) is 2.42. The Hall–Kier alpha value is -0.910. The fourth-order valence-electron chi connectivity index (χ4n) is 3.03. The lowest BCUT2D eigenvalue weighted by molar-refractivity contribution is -0.121. The summed E-state index contributed by atoms with van der Waals surface area (Å²) in [4.78, 5) is 15.5. The van der Waals surface area contributed by atoms with Crippen LogP contribution in [0.25, 0.3) is 0 Å². The van der Waals surface area contributed by atoms with Gasteiger partial charge in [-0.2, -0.15) is 0 Å². The van der Waals surface area contributed by atoms with E-state index < -0.39 is 0 Å². The summed E-state index contributed by atoms with van der Waals surface area (Å²) in [5.74, 6) is 0.172. The predicted molar refractivity (Wildman–Crippen MR) is 91.2 cm³/mol. The molecule has 1 aliphatic heterocycles. The SMILES string of the molecule is O=C(CCCc1cccs1)NCCCCN1CCC[C@H]1CO. The lowest BCUT2D eigenvalue weighted by Crippen LogP contribution is -2.33. The first kappa shape index (κ1) is 17.4. The number of nitrogens with zero attached hydrogens (tertiary/aromatic N) is 1. The molecule has 22 heavy (non-hydrogen) atoms. The number of nitrogens with one attached hydrogen (secondary N) is 1. The molecular weight excluding hydrogens is 296 g/mol. The molecule has 5 heteroatoms. The van der Waals surface area contributed by atoms with Gasteiger partial charge in [-0.25, -0.2) is 0 Å². The third-order valence-electron chi connectivity index (χ3n) is 4.31. The van der Waals surface area contributed by atoms with Crippen LogP contribution in [0.15, 0.2) is 17.5 Å². The van der Waals surface area contributed by atoms with E-state index in [4.69, 9.17) is 0 Å². The Kier molecular flexibility index (Phi) is 7.91. The zero-order valence-electron chi connectivity index (χ0n) is 13.3. The van der Waals surface area contributed by atoms with Crippen LogP contribution in [-0.4, -0.2) is 48.2 Å². The van der Waals surface area contributed by atoms with E-state index in [1.807, 2.05) is 0 Å². The smallest absolute Gasteiger partial charge is 0.220 e. The second-order valence-electron chi connectivity index (χ2n) is 6.00. The van der Waals surface area contributed by atoms with Gasteiger partial charge in [-0.15, -0.1) is 11.3 Å². The Bertz CT molecular complexity index is 422. The van der Waals surface area contributed by atoms with Crippen molar-refractivity contribution in [3.05, 3.63) is 22.4 Å². The number of likely N-dealkylation sites (tertiary alicyclic amines) is 1. The highest BCUT2D eigenvalue weighted by atomic mass is 32.1. The van der Waals surface area contributed by atoms with Crippen molar-refractivity contribution in [3.8, 4) is 0 Å². The van der Waals surface area contributed by atoms with Crippen molar-refractivity contribution in [1.29, 1.82) is 0 Å². The zero-order valence-corrected chi connectivity index (χ0v) is 14.1. The van der Waals surface area contributed by atoms with Gasteiger partial charge in [0, 0.05) is 23.9 Å². The number of carbonyl (C=O) groups is 1. The summed E-state index contributed by atoms with van der Waals surface area (Å²) in [6, 6.07) is 4.55. The summed E-state index contributed by atoms with van der Waals surface area (Å²) in [7, 11) is 0. The first-order chi connectivity index (χ1) is 10.8. The lowest BCUT2D eigenvalue weighted by atomic mass is 10.2. The number of hydrogen-bond donors (Lipinski definition) is 2. The lowest BCUT2D eigenvalue weighted by Gasteiger charge is -2.22. The van der Waals surface area contributed by atoms with Crippen molar-refractivity contribution in [1.82, 2.24) is 10.2 Å². The normalized spacial score (nSPS) is 18.7. The summed E-state index contributed by atoms with van der Waals surface area (Å²) in [6.45, 7) is 3.20. The summed E-state index contributed by atoms with van der Waals surface area (Å²) in [5.41, 5.74) is 0. The zero-order chi connectivity index (χ0) is 15.6. The molecule has 0 spiro atoms. The number of aliphatic hydroxyl groups is 1. The molecule has 1 aliphatic rings. The minimum Gasteiger partial charge on any atom is -0.395 e. The topological polar surface area (TPSA) is 52.6 Å². The maximum absolute atomic E-state index is 11.7. The van der Waals surface area contributed by atoms with Crippen molar-refractivity contribution in [2.75, 3.05) is 26.2 Å². The maximum Gasteiger partial charge on any atom is 0.220 e. The molecule has 1 saturated heterocycles. The number of aliphatic hydroxyl groups excluding tert-OH is 1. The van der Waals surface area contributed by atoms with Gasteiger partial charge in [0.1, 0.15) is 0 Å². The van der Waals surface area contributed by atoms with Gasteiger partial charge in [0.15, 0.2) is 0 Å². The Labute approximate surface area is 137 Å². The third-order valence-corrected chi connectivity index (χ3v) is 5.25. The second kappa shape index (κ2) is 9.98. The number of amides is 1. The van der Waals surface area contributed by atoms with E-state index in [0.717, 1.165) is 51.7 Å². The van der Waals surface area contributed by atoms with Gasteiger partial charge >= 0.3 is 0 Å². The highest BCUT2D eigenvalue weighted by Gasteiger charge is 2.22. The molecule has 4 nitrogen and oxygen atoms in total. The van der Waals surface area contributed by atoms with E-state index in [0.29, 0.717) is 12.5 Å². The van der Waals surface area contributed by atoms with Gasteiger partial charge in [-0.05, 0) is 63.1 Å². The maximum atomic E-state index is 11.7. The molecule has 124 valence electrons. The molecule has 0 bridgehead atoms. The number of rotatable bonds is 10. The quantitative estimate of drug-likeness (QED) is 0.650. The Morgan fingerprint density at radius 1 is 1.41 bits per heavy atom. The van der Waals surface area contributed by atoms with E-state index in [1.54, 1.807) is 11.3 Å². The van der Waals surface area contributed by atoms with Gasteiger partial charge in [0.25, 0.3) is 0 Å². The summed E-state index contributed by atoms with van der Waals surface area (Å²) in [5, 5.41) is 14.4. The summed E-state index contributed by atoms with van der Waals surface area (Å²) >= 11 is 1.76. The summed E-state index contributed by atoms with van der Waals surface area (Å²) in [6.07, 6.45) is 6.98. The van der Waals surface area contributed by atoms with E-state index in [9.17, 15) is 9.90 Å². The van der Waals surface area contributed by atoms with Crippen LogP contribution in [-0.2, 0) is 11.2 Å². The number of unbranched alkanes of at least 4 members (excludes halogenated alkanes) is 1. The molecule has 1 aromatic heterocycles. The van der Waals surface area contributed by atoms with Crippen LogP contribution in [0.3, 0.4) is 0 Å². The minimum absolute atomic E-state index is 0.172. The molecule has 1 amide bonds. The highest BCUT2D eigenvalue weighted by molar-refractivity contribution is 7.09. The van der Waals surface area contributed by atoms with Gasteiger partial charge in [-0.1, -0.05) is 6.07 Å². The molecule has 0 radical (unpaired) electrons. The Morgan fingerprint density at radius 2 is 2.32 bits per heavy atom. The van der Waals surface area contributed by atoms with E-state index in [2.05, 4.69) is 27.7 Å². The summed E-state index contributed by atoms with van der Waals surface area (Å²) < 4.78 is 0. The molecule has 1 fully saturated rings. The van der Waals surface area contributed by atoms with Crippen LogP contribution >= 0.6 is 11.3 Å². The van der Waals surface area contributed by atoms with Crippen LogP contribution in [0.1, 0.15) is 43.4 Å². The molecule has 2 heterocycles. The van der Waals surface area contributed by atoms with E-state index >= 15 is 0 Å². The molecule has 1 atom stereocenters. The monoisotopic (exact) mass is 324 g/mol. The number of thiophene rings is 1. The molecule has 2 rings (SSSR count). The van der Waals surface area contributed by atoms with Gasteiger partial charge in [-0.3, -0.25) is 9.69 Å². The fraction of sp³-hybridized carbons (Fsp3) is 0.706. The molecule has 0 aromatic carbocycles. The Morgan fingerprint density at radius 3 is 3.09 bits per heavy atom. The third kappa shape index (κ3) is 6.07. The number of carbonyl (C=O) groups excluding carboxylic acids is 1. The van der Waals surface area contributed by atoms with Gasteiger partial charge in [0.2, 0.25) is 5.91 Å². The molecule has 0 unspecified atom stereocenters. The van der Waals surface area contributed by atoms with Gasteiger partial charge in [0.05, 0.1) is 6.61 Å². The van der Waals surface area contributed by atoms with Crippen LogP contribution in [0.4, 0.5) is 0 Å². The number of aryl methyl sites for hydroxylation is 1. The molecule has 0 saturated carbocycles. The average molecular weight is 324 g/mol. The fourth-order valence-corrected chi connectivity index (χ4v) is 3.78. The van der Waals surface area contributed by atoms with Crippen molar-refractivity contribution in [2.24, 2.45) is 0 Å². The standard InChI is InChI=1S/C17H28N2O2S/c20-14-15-6-4-12-19(15)11-2-1-10-18-17(21)9-3-7-16-8-5-13-22-16/h5,8,13,15,20H,1-4,6-7,9-12,14H2,(H,18,21)/t15-/m0/s1.